The molecule has 2 N–H and O–H groups in total. The highest BCUT2D eigenvalue weighted by Gasteiger charge is 2.46. The molecule has 2 rings (SSSR count). The van der Waals surface area contributed by atoms with Gasteiger partial charge in [-0.15, -0.1) is 0 Å². The Labute approximate surface area is 114 Å². The van der Waals surface area contributed by atoms with E-state index in [1.807, 2.05) is 0 Å². The van der Waals surface area contributed by atoms with E-state index in [1.54, 1.807) is 6.92 Å². The third-order valence-corrected chi connectivity index (χ3v) is 5.12. The first-order chi connectivity index (χ1) is 8.86. The number of carbonyl (C=O) groups is 2. The highest BCUT2D eigenvalue weighted by atomic mass is 16.4. The van der Waals surface area contributed by atoms with Gasteiger partial charge < -0.3 is 15.3 Å². The third-order valence-electron chi connectivity index (χ3n) is 5.12. The molecule has 4 unspecified atom stereocenters. The molecule has 1 aliphatic carbocycles. The molecule has 2 fully saturated rings. The molecule has 5 heteroatoms. The predicted molar refractivity (Wildman–Crippen MR) is 71.9 cm³/mol. The molecular formula is C14H24N2O3. The zero-order valence-corrected chi connectivity index (χ0v) is 12.0. The topological polar surface area (TPSA) is 69.6 Å². The molecule has 0 aromatic heterocycles. The van der Waals surface area contributed by atoms with Crippen molar-refractivity contribution in [3.63, 3.8) is 0 Å². The summed E-state index contributed by atoms with van der Waals surface area (Å²) in [6.07, 6.45) is 3.41. The highest BCUT2D eigenvalue weighted by Crippen LogP contribution is 2.33. The normalized spacial score (nSPS) is 38.5. The average Bonchev–Trinajstić information content (AvgIpc) is 2.88. The summed E-state index contributed by atoms with van der Waals surface area (Å²) in [6.45, 7) is 6.53. The van der Waals surface area contributed by atoms with Crippen molar-refractivity contribution in [2.24, 2.45) is 11.8 Å². The van der Waals surface area contributed by atoms with Crippen LogP contribution in [0.25, 0.3) is 0 Å². The number of carboxylic acids is 1. The van der Waals surface area contributed by atoms with E-state index in [0.717, 1.165) is 19.3 Å². The number of likely N-dealkylation sites (tertiary alicyclic amines) is 1. The molecule has 108 valence electrons. The van der Waals surface area contributed by atoms with Crippen LogP contribution >= 0.6 is 0 Å². The van der Waals surface area contributed by atoms with Crippen LogP contribution in [0.5, 0.6) is 0 Å². The Morgan fingerprint density at radius 1 is 1.32 bits per heavy atom. The molecule has 0 bridgehead atoms. The first-order valence-corrected chi connectivity index (χ1v) is 7.18. The minimum Gasteiger partial charge on any atom is -0.480 e. The van der Waals surface area contributed by atoms with Crippen LogP contribution in [0.4, 0.5) is 4.79 Å². The van der Waals surface area contributed by atoms with Crippen molar-refractivity contribution in [2.45, 2.75) is 58.0 Å². The molecule has 2 amide bonds. The van der Waals surface area contributed by atoms with Crippen molar-refractivity contribution >= 4 is 12.0 Å². The number of carboxylic acid groups (broad SMARTS) is 1. The first kappa shape index (κ1) is 14.2. The average molecular weight is 268 g/mol. The second-order valence-electron chi connectivity index (χ2n) is 6.30. The summed E-state index contributed by atoms with van der Waals surface area (Å²) in [7, 11) is 0. The second kappa shape index (κ2) is 5.02. The van der Waals surface area contributed by atoms with Crippen LogP contribution in [-0.4, -0.2) is 40.1 Å². The van der Waals surface area contributed by atoms with Gasteiger partial charge >= 0.3 is 12.0 Å². The number of nitrogens with one attached hydrogen (secondary N) is 1. The van der Waals surface area contributed by atoms with Gasteiger partial charge in [0.15, 0.2) is 0 Å². The summed E-state index contributed by atoms with van der Waals surface area (Å²) in [5.41, 5.74) is -1.04. The van der Waals surface area contributed by atoms with Gasteiger partial charge in [-0.1, -0.05) is 13.8 Å². The maximum atomic E-state index is 12.3. The smallest absolute Gasteiger partial charge is 0.329 e. The Kier molecular flexibility index (Phi) is 3.74. The van der Waals surface area contributed by atoms with E-state index < -0.39 is 11.5 Å². The Balaban J connectivity index is 2.02. The lowest BCUT2D eigenvalue weighted by molar-refractivity contribution is -0.147. The number of hydrogen-bond donors (Lipinski definition) is 2. The largest absolute Gasteiger partial charge is 0.480 e. The number of hydrogen-bond acceptors (Lipinski definition) is 2. The summed E-state index contributed by atoms with van der Waals surface area (Å²) in [6, 6.07) is -0.0329. The molecule has 0 aromatic rings. The molecule has 1 heterocycles. The molecule has 1 aliphatic heterocycles. The number of rotatable bonds is 2. The molecule has 19 heavy (non-hydrogen) atoms. The summed E-state index contributed by atoms with van der Waals surface area (Å²) >= 11 is 0. The number of carbonyl (C=O) groups excluding carboxylic acids is 1. The van der Waals surface area contributed by atoms with Gasteiger partial charge in [0, 0.05) is 12.6 Å². The van der Waals surface area contributed by atoms with Crippen LogP contribution in [0.2, 0.25) is 0 Å². The SMILES string of the molecule is CC1CCC(NC(=O)N2CCCC2(C)C(=O)O)C1C. The van der Waals surface area contributed by atoms with E-state index in [2.05, 4.69) is 19.2 Å². The number of nitrogens with zero attached hydrogens (tertiary/aromatic N) is 1. The van der Waals surface area contributed by atoms with E-state index in [1.165, 1.54) is 4.90 Å². The molecule has 5 nitrogen and oxygen atoms in total. The Morgan fingerprint density at radius 3 is 2.53 bits per heavy atom. The summed E-state index contributed by atoms with van der Waals surface area (Å²) in [5, 5.41) is 12.4. The minimum absolute atomic E-state index is 0.182. The Hall–Kier alpha value is -1.26. The molecule has 1 saturated heterocycles. The van der Waals surface area contributed by atoms with Crippen molar-refractivity contribution < 1.29 is 14.7 Å². The van der Waals surface area contributed by atoms with E-state index >= 15 is 0 Å². The van der Waals surface area contributed by atoms with Gasteiger partial charge in [0.2, 0.25) is 0 Å². The quantitative estimate of drug-likeness (QED) is 0.805. The van der Waals surface area contributed by atoms with Gasteiger partial charge in [-0.05, 0) is 44.4 Å². The molecular weight excluding hydrogens is 244 g/mol. The predicted octanol–water partition coefficient (Wildman–Crippen LogP) is 2.07. The maximum Gasteiger partial charge on any atom is 0.329 e. The van der Waals surface area contributed by atoms with Crippen LogP contribution in [-0.2, 0) is 4.79 Å². The fraction of sp³-hybridized carbons (Fsp3) is 0.857. The van der Waals surface area contributed by atoms with Crippen molar-refractivity contribution in [3.8, 4) is 0 Å². The monoisotopic (exact) mass is 268 g/mol. The molecule has 2 aliphatic rings. The second-order valence-corrected chi connectivity index (χ2v) is 6.30. The zero-order chi connectivity index (χ0) is 14.2. The van der Waals surface area contributed by atoms with Crippen LogP contribution in [0.15, 0.2) is 0 Å². The van der Waals surface area contributed by atoms with Crippen molar-refractivity contribution in [2.75, 3.05) is 6.54 Å². The first-order valence-electron chi connectivity index (χ1n) is 7.18. The lowest BCUT2D eigenvalue weighted by atomic mass is 9.97. The number of urea groups is 1. The lowest BCUT2D eigenvalue weighted by Crippen LogP contribution is -2.56. The fourth-order valence-electron chi connectivity index (χ4n) is 3.32. The van der Waals surface area contributed by atoms with Gasteiger partial charge in [-0.2, -0.15) is 0 Å². The van der Waals surface area contributed by atoms with Crippen molar-refractivity contribution in [1.29, 1.82) is 0 Å². The van der Waals surface area contributed by atoms with Crippen LogP contribution in [0, 0.1) is 11.8 Å². The van der Waals surface area contributed by atoms with E-state index in [9.17, 15) is 14.7 Å². The van der Waals surface area contributed by atoms with Crippen molar-refractivity contribution in [1.82, 2.24) is 10.2 Å². The zero-order valence-electron chi connectivity index (χ0n) is 12.0. The highest BCUT2D eigenvalue weighted by molar-refractivity contribution is 5.86. The molecule has 0 aromatic carbocycles. The molecule has 0 radical (unpaired) electrons. The van der Waals surface area contributed by atoms with E-state index in [4.69, 9.17) is 0 Å². The van der Waals surface area contributed by atoms with Gasteiger partial charge in [0.05, 0.1) is 0 Å². The molecule has 4 atom stereocenters. The maximum absolute atomic E-state index is 12.3. The number of aliphatic carboxylic acids is 1. The van der Waals surface area contributed by atoms with Gasteiger partial charge in [0.25, 0.3) is 0 Å². The third kappa shape index (κ3) is 2.42. The van der Waals surface area contributed by atoms with E-state index in [0.29, 0.717) is 24.8 Å². The Morgan fingerprint density at radius 2 is 2.00 bits per heavy atom. The van der Waals surface area contributed by atoms with Crippen molar-refractivity contribution in [3.05, 3.63) is 0 Å². The van der Waals surface area contributed by atoms with Crippen LogP contribution in [0.3, 0.4) is 0 Å². The molecule has 1 saturated carbocycles. The number of amides is 2. The fourth-order valence-corrected chi connectivity index (χ4v) is 3.32. The van der Waals surface area contributed by atoms with Gasteiger partial charge in [-0.3, -0.25) is 0 Å². The summed E-state index contributed by atoms with van der Waals surface area (Å²) in [4.78, 5) is 25.2. The summed E-state index contributed by atoms with van der Waals surface area (Å²) in [5.74, 6) is 0.172. The molecule has 0 spiro atoms. The standard InChI is InChI=1S/C14H24N2O3/c1-9-5-6-11(10(9)2)15-13(19)16-8-4-7-14(16,3)12(17)18/h9-11H,4-8H2,1-3H3,(H,15,19)(H,17,18). The summed E-state index contributed by atoms with van der Waals surface area (Å²) < 4.78 is 0. The Bertz CT molecular complexity index is 385. The van der Waals surface area contributed by atoms with Gasteiger partial charge in [0.1, 0.15) is 5.54 Å². The van der Waals surface area contributed by atoms with Crippen LogP contribution < -0.4 is 5.32 Å². The lowest BCUT2D eigenvalue weighted by Gasteiger charge is -2.33. The van der Waals surface area contributed by atoms with Crippen LogP contribution in [0.1, 0.15) is 46.5 Å². The minimum atomic E-state index is -1.04. The van der Waals surface area contributed by atoms with E-state index in [-0.39, 0.29) is 12.1 Å². The van der Waals surface area contributed by atoms with Gasteiger partial charge in [-0.25, -0.2) is 9.59 Å².